The van der Waals surface area contributed by atoms with Crippen LogP contribution < -0.4 is 5.43 Å². The molecule has 1 heterocycles. The van der Waals surface area contributed by atoms with Crippen LogP contribution in [0.3, 0.4) is 0 Å². The fraction of sp³-hybridized carbons (Fsp3) is 0.267. The second-order valence-electron chi connectivity index (χ2n) is 5.00. The predicted molar refractivity (Wildman–Crippen MR) is 94.7 cm³/mol. The molecule has 10 heteroatoms. The van der Waals surface area contributed by atoms with Gasteiger partial charge in [-0.1, -0.05) is 12.1 Å². The van der Waals surface area contributed by atoms with Crippen molar-refractivity contribution in [3.05, 3.63) is 40.4 Å². The second kappa shape index (κ2) is 8.19. The summed E-state index contributed by atoms with van der Waals surface area (Å²) in [6, 6.07) is 4.57. The maximum absolute atomic E-state index is 11.4. The van der Waals surface area contributed by atoms with E-state index in [1.165, 1.54) is 23.6 Å². The summed E-state index contributed by atoms with van der Waals surface area (Å²) in [5.74, 6) is -0.347. The Labute approximate surface area is 149 Å². The van der Waals surface area contributed by atoms with Crippen molar-refractivity contribution < 1.29 is 22.5 Å². The summed E-state index contributed by atoms with van der Waals surface area (Å²) in [4.78, 5) is 15.4. The van der Waals surface area contributed by atoms with Crippen LogP contribution in [0.4, 0.5) is 5.13 Å². The normalized spacial score (nSPS) is 11.6. The lowest BCUT2D eigenvalue weighted by Gasteiger charge is -2.03. The molecule has 0 bridgehead atoms. The summed E-state index contributed by atoms with van der Waals surface area (Å²) >= 11 is 1.27. The third kappa shape index (κ3) is 5.62. The van der Waals surface area contributed by atoms with Crippen LogP contribution in [0.1, 0.15) is 23.7 Å². The van der Waals surface area contributed by atoms with E-state index in [1.54, 1.807) is 31.4 Å². The van der Waals surface area contributed by atoms with Gasteiger partial charge in [0.25, 0.3) is 10.1 Å². The number of nitrogens with zero attached hydrogens (tertiary/aromatic N) is 2. The molecule has 2 N–H and O–H groups in total. The van der Waals surface area contributed by atoms with Crippen LogP contribution in [0.2, 0.25) is 0 Å². The zero-order chi connectivity index (χ0) is 18.4. The highest BCUT2D eigenvalue weighted by Gasteiger charge is 2.13. The van der Waals surface area contributed by atoms with Crippen molar-refractivity contribution in [3.63, 3.8) is 0 Å². The summed E-state index contributed by atoms with van der Waals surface area (Å²) in [5, 5.41) is 6.18. The van der Waals surface area contributed by atoms with Gasteiger partial charge in [0.15, 0.2) is 0 Å². The lowest BCUT2D eigenvalue weighted by Crippen LogP contribution is -2.07. The van der Waals surface area contributed by atoms with Gasteiger partial charge >= 0.3 is 5.97 Å². The van der Waals surface area contributed by atoms with Gasteiger partial charge in [-0.15, -0.1) is 11.3 Å². The van der Waals surface area contributed by atoms with Crippen molar-refractivity contribution >= 4 is 38.8 Å². The van der Waals surface area contributed by atoms with Gasteiger partial charge in [-0.3, -0.25) is 14.8 Å². The Balaban J connectivity index is 2.02. The van der Waals surface area contributed by atoms with Gasteiger partial charge in [-0.25, -0.2) is 4.98 Å². The third-order valence-corrected chi connectivity index (χ3v) is 4.84. The lowest BCUT2D eigenvalue weighted by atomic mass is 10.2. The number of ether oxygens (including phenoxy) is 1. The standard InChI is InChI=1S/C15H17N3O5S2/c1-3-23-14(19)7-12-9-24-15(17-12)18-16-8-11-5-4-10(2)13(6-11)25(20,21)22/h4-6,8-9H,3,7H2,1-2H3,(H,17,18)(H,20,21,22). The van der Waals surface area contributed by atoms with E-state index in [0.717, 1.165) is 0 Å². The number of thiazole rings is 1. The predicted octanol–water partition coefficient (Wildman–Crippen LogP) is 2.25. The van der Waals surface area contributed by atoms with Crippen LogP contribution in [0, 0.1) is 6.92 Å². The molecule has 25 heavy (non-hydrogen) atoms. The Morgan fingerprint density at radius 3 is 2.92 bits per heavy atom. The number of anilines is 1. The summed E-state index contributed by atoms with van der Waals surface area (Å²) in [5.41, 5.74) is 4.21. The van der Waals surface area contributed by atoms with E-state index < -0.39 is 10.1 Å². The third-order valence-electron chi connectivity index (χ3n) is 3.05. The molecule has 2 aromatic rings. The van der Waals surface area contributed by atoms with E-state index in [0.29, 0.717) is 28.6 Å². The average Bonchev–Trinajstić information content (AvgIpc) is 2.95. The minimum absolute atomic E-state index is 0.0887. The van der Waals surface area contributed by atoms with Crippen molar-refractivity contribution in [2.75, 3.05) is 12.0 Å². The topological polar surface area (TPSA) is 118 Å². The second-order valence-corrected chi connectivity index (χ2v) is 7.24. The van der Waals surface area contributed by atoms with Crippen LogP contribution >= 0.6 is 11.3 Å². The van der Waals surface area contributed by atoms with Crippen LogP contribution in [-0.2, 0) is 26.1 Å². The van der Waals surface area contributed by atoms with Gasteiger partial charge in [-0.05, 0) is 31.0 Å². The molecule has 0 saturated heterocycles. The highest BCUT2D eigenvalue weighted by atomic mass is 32.2. The zero-order valence-corrected chi connectivity index (χ0v) is 15.2. The molecule has 0 fully saturated rings. The van der Waals surface area contributed by atoms with E-state index in [9.17, 15) is 17.8 Å². The van der Waals surface area contributed by atoms with Crippen LogP contribution in [0.15, 0.2) is 33.6 Å². The number of hydrazone groups is 1. The van der Waals surface area contributed by atoms with Gasteiger partial charge in [0.2, 0.25) is 5.13 Å². The van der Waals surface area contributed by atoms with Crippen LogP contribution in [0.5, 0.6) is 0 Å². The molecule has 0 aliphatic carbocycles. The van der Waals surface area contributed by atoms with Gasteiger partial charge in [0.05, 0.1) is 29.8 Å². The Hall–Kier alpha value is -2.30. The number of esters is 1. The maximum Gasteiger partial charge on any atom is 0.311 e. The molecule has 2 rings (SSSR count). The molecule has 0 atom stereocenters. The number of rotatable bonds is 7. The molecular weight excluding hydrogens is 366 g/mol. The summed E-state index contributed by atoms with van der Waals surface area (Å²) in [6.07, 6.45) is 1.49. The van der Waals surface area contributed by atoms with Crippen molar-refractivity contribution in [1.82, 2.24) is 4.98 Å². The number of carbonyl (C=O) groups excluding carboxylic acids is 1. The SMILES string of the molecule is CCOC(=O)Cc1csc(NN=Cc2ccc(C)c(S(=O)(=O)O)c2)n1. The first kappa shape index (κ1) is 19.0. The molecular formula is C15H17N3O5S2. The summed E-state index contributed by atoms with van der Waals surface area (Å²) < 4.78 is 36.6. The molecule has 0 unspecified atom stereocenters. The zero-order valence-electron chi connectivity index (χ0n) is 13.6. The van der Waals surface area contributed by atoms with Gasteiger partial charge in [0.1, 0.15) is 0 Å². The molecule has 1 aromatic carbocycles. The first-order valence-corrected chi connectivity index (χ1v) is 9.59. The first-order valence-electron chi connectivity index (χ1n) is 7.27. The number of benzene rings is 1. The summed E-state index contributed by atoms with van der Waals surface area (Å²) in [7, 11) is -4.28. The molecule has 0 spiro atoms. The minimum atomic E-state index is -4.28. The smallest absolute Gasteiger partial charge is 0.311 e. The highest BCUT2D eigenvalue weighted by molar-refractivity contribution is 7.85. The minimum Gasteiger partial charge on any atom is -0.466 e. The van der Waals surface area contributed by atoms with Crippen LogP contribution in [0.25, 0.3) is 0 Å². The monoisotopic (exact) mass is 383 g/mol. The Morgan fingerprint density at radius 1 is 1.48 bits per heavy atom. The Bertz CT molecular complexity index is 890. The number of nitrogens with one attached hydrogen (secondary N) is 1. The largest absolute Gasteiger partial charge is 0.466 e. The van der Waals surface area contributed by atoms with E-state index in [2.05, 4.69) is 15.5 Å². The van der Waals surface area contributed by atoms with Crippen LogP contribution in [-0.4, -0.2) is 36.7 Å². The van der Waals surface area contributed by atoms with E-state index >= 15 is 0 Å². The number of hydrogen-bond donors (Lipinski definition) is 2. The molecule has 0 amide bonds. The average molecular weight is 383 g/mol. The summed E-state index contributed by atoms with van der Waals surface area (Å²) in [6.45, 7) is 3.64. The van der Waals surface area contributed by atoms with Gasteiger partial charge in [-0.2, -0.15) is 13.5 Å². The molecule has 1 aromatic heterocycles. The van der Waals surface area contributed by atoms with Crippen molar-refractivity contribution in [2.45, 2.75) is 25.2 Å². The molecule has 0 saturated carbocycles. The Kier molecular flexibility index (Phi) is 6.23. The molecule has 0 aliphatic rings. The van der Waals surface area contributed by atoms with E-state index in [-0.39, 0.29) is 17.3 Å². The maximum atomic E-state index is 11.4. The fourth-order valence-corrected chi connectivity index (χ4v) is 3.36. The highest BCUT2D eigenvalue weighted by Crippen LogP contribution is 2.17. The number of aryl methyl sites for hydroxylation is 1. The lowest BCUT2D eigenvalue weighted by molar-refractivity contribution is -0.142. The Morgan fingerprint density at radius 2 is 2.24 bits per heavy atom. The number of carbonyl (C=O) groups is 1. The van der Waals surface area contributed by atoms with Crippen molar-refractivity contribution in [2.24, 2.45) is 5.10 Å². The first-order chi connectivity index (χ1) is 11.8. The molecule has 8 nitrogen and oxygen atoms in total. The van der Waals surface area contributed by atoms with E-state index in [4.69, 9.17) is 4.74 Å². The number of hydrogen-bond acceptors (Lipinski definition) is 8. The molecule has 134 valence electrons. The quantitative estimate of drug-likeness (QED) is 0.326. The molecule has 0 aliphatic heterocycles. The van der Waals surface area contributed by atoms with Gasteiger partial charge in [0, 0.05) is 5.38 Å². The van der Waals surface area contributed by atoms with E-state index in [1.807, 2.05) is 0 Å². The van der Waals surface area contributed by atoms with Gasteiger partial charge < -0.3 is 4.74 Å². The van der Waals surface area contributed by atoms with Crippen molar-refractivity contribution in [3.8, 4) is 0 Å². The molecule has 0 radical (unpaired) electrons. The van der Waals surface area contributed by atoms with Crippen molar-refractivity contribution in [1.29, 1.82) is 0 Å². The number of aromatic nitrogens is 1. The fourth-order valence-electron chi connectivity index (χ4n) is 1.94.